The first kappa shape index (κ1) is 19.7. The molecule has 27 heavy (non-hydrogen) atoms. The van der Waals surface area contributed by atoms with Crippen LogP contribution in [0, 0.1) is 5.82 Å². The van der Waals surface area contributed by atoms with Gasteiger partial charge in [-0.25, -0.2) is 25.9 Å². The summed E-state index contributed by atoms with van der Waals surface area (Å²) >= 11 is 1.05. The highest BCUT2D eigenvalue weighted by molar-refractivity contribution is 7.93. The van der Waals surface area contributed by atoms with Gasteiger partial charge < -0.3 is 0 Å². The van der Waals surface area contributed by atoms with Crippen LogP contribution in [0.3, 0.4) is 0 Å². The molecule has 0 unspecified atom stereocenters. The minimum absolute atomic E-state index is 0.0383. The first-order valence-corrected chi connectivity index (χ1v) is 11.8. The summed E-state index contributed by atoms with van der Waals surface area (Å²) < 4.78 is 66.7. The Balaban J connectivity index is 1.95. The predicted octanol–water partition coefficient (Wildman–Crippen LogP) is 3.38. The maximum absolute atomic E-state index is 13.3. The second-order valence-electron chi connectivity index (χ2n) is 5.68. The van der Waals surface area contributed by atoms with E-state index in [9.17, 15) is 21.2 Å². The lowest BCUT2D eigenvalue weighted by Gasteiger charge is -2.18. The van der Waals surface area contributed by atoms with Crippen LogP contribution in [-0.4, -0.2) is 23.4 Å². The molecule has 1 aromatic heterocycles. The van der Waals surface area contributed by atoms with Gasteiger partial charge >= 0.3 is 0 Å². The molecule has 2 aromatic carbocycles. The van der Waals surface area contributed by atoms with Crippen molar-refractivity contribution in [3.05, 3.63) is 83.5 Å². The fourth-order valence-electron chi connectivity index (χ4n) is 2.52. The normalized spacial score (nSPS) is 13.4. The third kappa shape index (κ3) is 4.44. The summed E-state index contributed by atoms with van der Waals surface area (Å²) in [7, 11) is -7.74. The number of hydrogen-bond donors (Lipinski definition) is 1. The molecule has 142 valence electrons. The van der Waals surface area contributed by atoms with Crippen LogP contribution in [-0.2, 0) is 19.9 Å². The van der Waals surface area contributed by atoms with Gasteiger partial charge in [-0.1, -0.05) is 36.4 Å². The second-order valence-corrected chi connectivity index (χ2v) is 10.8. The van der Waals surface area contributed by atoms with Gasteiger partial charge in [0.25, 0.3) is 0 Å². The molecule has 1 heterocycles. The predicted molar refractivity (Wildman–Crippen MR) is 102 cm³/mol. The van der Waals surface area contributed by atoms with Crippen LogP contribution in [0.4, 0.5) is 4.39 Å². The minimum Gasteiger partial charge on any atom is -0.222 e. The zero-order chi connectivity index (χ0) is 19.5. The summed E-state index contributed by atoms with van der Waals surface area (Å²) in [4.78, 5) is 0.0383. The van der Waals surface area contributed by atoms with Gasteiger partial charge in [-0.3, -0.25) is 0 Å². The van der Waals surface area contributed by atoms with Crippen molar-refractivity contribution in [2.75, 3.05) is 6.54 Å². The molecule has 9 heteroatoms. The minimum atomic E-state index is -3.89. The Morgan fingerprint density at radius 2 is 1.56 bits per heavy atom. The fourth-order valence-corrected chi connectivity index (χ4v) is 6.56. The maximum atomic E-state index is 13.3. The molecule has 0 bridgehead atoms. The van der Waals surface area contributed by atoms with Crippen molar-refractivity contribution in [2.45, 2.75) is 14.4 Å². The largest absolute Gasteiger partial charge is 0.240 e. The van der Waals surface area contributed by atoms with Crippen LogP contribution in [0.2, 0.25) is 0 Å². The molecule has 0 spiro atoms. The van der Waals surface area contributed by atoms with E-state index >= 15 is 0 Å². The third-order valence-electron chi connectivity index (χ3n) is 3.90. The smallest absolute Gasteiger partial charge is 0.222 e. The summed E-state index contributed by atoms with van der Waals surface area (Å²) in [6.07, 6.45) is 0. The van der Waals surface area contributed by atoms with Gasteiger partial charge in [0.2, 0.25) is 10.0 Å². The van der Waals surface area contributed by atoms with Crippen molar-refractivity contribution in [2.24, 2.45) is 0 Å². The van der Waals surface area contributed by atoms with Crippen molar-refractivity contribution < 1.29 is 21.2 Å². The van der Waals surface area contributed by atoms with Crippen LogP contribution >= 0.6 is 11.3 Å². The third-order valence-corrected chi connectivity index (χ3v) is 8.88. The van der Waals surface area contributed by atoms with E-state index in [0.717, 1.165) is 23.5 Å². The summed E-state index contributed by atoms with van der Waals surface area (Å²) in [5.74, 6) is -0.504. The average Bonchev–Trinajstić information content (AvgIpc) is 3.19. The first-order chi connectivity index (χ1) is 12.8. The number of nitrogens with one attached hydrogen (secondary N) is 1. The van der Waals surface area contributed by atoms with Crippen molar-refractivity contribution in [3.8, 4) is 0 Å². The van der Waals surface area contributed by atoms with Gasteiger partial charge in [0.15, 0.2) is 9.84 Å². The SMILES string of the molecule is O=S(=O)(NC[C@@H](c1ccc(F)cc1)S(=O)(=O)c1cccs1)c1ccccc1. The molecular weight excluding hydrogens is 409 g/mol. The van der Waals surface area contributed by atoms with Crippen molar-refractivity contribution in [1.29, 1.82) is 0 Å². The Morgan fingerprint density at radius 1 is 0.889 bits per heavy atom. The van der Waals surface area contributed by atoms with Crippen LogP contribution in [0.5, 0.6) is 0 Å². The zero-order valence-corrected chi connectivity index (χ0v) is 16.4. The highest BCUT2D eigenvalue weighted by Crippen LogP contribution is 2.31. The number of thiophene rings is 1. The molecule has 0 saturated heterocycles. The number of sulfone groups is 1. The molecule has 0 radical (unpaired) electrons. The number of rotatable bonds is 7. The Bertz CT molecular complexity index is 1100. The molecule has 0 amide bonds. The number of hydrogen-bond acceptors (Lipinski definition) is 5. The van der Waals surface area contributed by atoms with Crippen LogP contribution in [0.1, 0.15) is 10.8 Å². The Labute approximate surface area is 161 Å². The van der Waals surface area contributed by atoms with Gasteiger partial charge in [0.05, 0.1) is 4.90 Å². The molecule has 1 N–H and O–H groups in total. The molecule has 0 fully saturated rings. The number of halogens is 1. The molecular formula is C18H16FNO4S3. The molecule has 1 atom stereocenters. The summed E-state index contributed by atoms with van der Waals surface area (Å²) in [5.41, 5.74) is 0.306. The molecule has 0 aliphatic carbocycles. The van der Waals surface area contributed by atoms with Crippen LogP contribution in [0.15, 0.2) is 81.2 Å². The van der Waals surface area contributed by atoms with Crippen molar-refractivity contribution in [1.82, 2.24) is 4.72 Å². The van der Waals surface area contributed by atoms with Gasteiger partial charge in [0.1, 0.15) is 15.3 Å². The van der Waals surface area contributed by atoms with E-state index < -0.39 is 30.9 Å². The quantitative estimate of drug-likeness (QED) is 0.629. The van der Waals surface area contributed by atoms with Crippen molar-refractivity contribution >= 4 is 31.2 Å². The van der Waals surface area contributed by atoms with E-state index in [4.69, 9.17) is 0 Å². The highest BCUT2D eigenvalue weighted by Gasteiger charge is 2.31. The lowest BCUT2D eigenvalue weighted by molar-refractivity contribution is 0.569. The topological polar surface area (TPSA) is 80.3 Å². The van der Waals surface area contributed by atoms with Gasteiger partial charge in [0, 0.05) is 6.54 Å². The van der Waals surface area contributed by atoms with E-state index in [2.05, 4.69) is 4.72 Å². The monoisotopic (exact) mass is 425 g/mol. The number of sulfonamides is 1. The molecule has 0 aliphatic rings. The summed E-state index contributed by atoms with van der Waals surface area (Å²) in [6, 6.07) is 15.7. The van der Waals surface area contributed by atoms with Gasteiger partial charge in [-0.15, -0.1) is 11.3 Å². The molecule has 3 aromatic rings. The average molecular weight is 426 g/mol. The lowest BCUT2D eigenvalue weighted by atomic mass is 10.1. The van der Waals surface area contributed by atoms with Crippen LogP contribution in [0.25, 0.3) is 0 Å². The van der Waals surface area contributed by atoms with E-state index in [-0.39, 0.29) is 15.6 Å². The zero-order valence-electron chi connectivity index (χ0n) is 13.9. The van der Waals surface area contributed by atoms with Gasteiger partial charge in [-0.05, 0) is 41.3 Å². The van der Waals surface area contributed by atoms with Crippen molar-refractivity contribution in [3.63, 3.8) is 0 Å². The van der Waals surface area contributed by atoms with E-state index in [1.54, 1.807) is 29.6 Å². The standard InChI is InChI=1S/C18H16FNO4S3/c19-15-10-8-14(9-11-15)17(26(21,22)18-7-4-12-25-18)13-20-27(23,24)16-5-2-1-3-6-16/h1-12,17,20H,13H2/t17-/m0/s1. The molecule has 3 rings (SSSR count). The molecule has 5 nitrogen and oxygen atoms in total. The van der Waals surface area contributed by atoms with E-state index in [0.29, 0.717) is 5.56 Å². The highest BCUT2D eigenvalue weighted by atomic mass is 32.2. The number of benzene rings is 2. The Kier molecular flexibility index (Phi) is 5.75. The summed E-state index contributed by atoms with van der Waals surface area (Å²) in [6.45, 7) is -0.372. The fraction of sp³-hybridized carbons (Fsp3) is 0.111. The summed E-state index contributed by atoms with van der Waals surface area (Å²) in [5, 5.41) is 0.443. The lowest BCUT2D eigenvalue weighted by Crippen LogP contribution is -2.31. The Morgan fingerprint density at radius 3 is 2.15 bits per heavy atom. The second kappa shape index (κ2) is 7.89. The first-order valence-electron chi connectivity index (χ1n) is 7.88. The molecule has 0 aliphatic heterocycles. The maximum Gasteiger partial charge on any atom is 0.240 e. The van der Waals surface area contributed by atoms with E-state index in [1.165, 1.54) is 30.3 Å². The van der Waals surface area contributed by atoms with Gasteiger partial charge in [-0.2, -0.15) is 0 Å². The van der Waals surface area contributed by atoms with Crippen LogP contribution < -0.4 is 4.72 Å². The van der Waals surface area contributed by atoms with E-state index in [1.807, 2.05) is 0 Å². The molecule has 0 saturated carbocycles. The Hall–Kier alpha value is -2.07.